The number of halogens is 3. The van der Waals surface area contributed by atoms with Crippen molar-refractivity contribution in [3.8, 4) is 0 Å². The number of amides is 1. The Balaban J connectivity index is 0.00000242. The molecule has 1 aliphatic heterocycles. The topological polar surface area (TPSA) is 58.4 Å². The molecular formula is C16H26BrCl2N3O. The Morgan fingerprint density at radius 3 is 2.39 bits per heavy atom. The number of rotatable bonds is 6. The zero-order chi connectivity index (χ0) is 15.1. The quantitative estimate of drug-likeness (QED) is 0.734. The average molecular weight is 427 g/mol. The Kier molecular flexibility index (Phi) is 11.9. The van der Waals surface area contributed by atoms with E-state index in [4.69, 9.17) is 5.73 Å². The summed E-state index contributed by atoms with van der Waals surface area (Å²) in [5, 5.41) is 3.12. The molecule has 1 heterocycles. The lowest BCUT2D eigenvalue weighted by Crippen LogP contribution is -2.44. The van der Waals surface area contributed by atoms with Crippen LogP contribution in [0.25, 0.3) is 0 Å². The van der Waals surface area contributed by atoms with Gasteiger partial charge in [-0.15, -0.1) is 24.8 Å². The lowest BCUT2D eigenvalue weighted by molar-refractivity contribution is -0.122. The summed E-state index contributed by atoms with van der Waals surface area (Å²) in [6, 6.07) is 8.81. The van der Waals surface area contributed by atoms with Crippen LogP contribution in [0.3, 0.4) is 0 Å². The molecule has 0 saturated carbocycles. The molecule has 23 heavy (non-hydrogen) atoms. The second-order valence-corrected chi connectivity index (χ2v) is 6.55. The number of likely N-dealkylation sites (tertiary alicyclic amines) is 1. The highest BCUT2D eigenvalue weighted by Crippen LogP contribution is 2.16. The summed E-state index contributed by atoms with van der Waals surface area (Å²) in [5.74, 6) is 0.145. The number of hydrogen-bond acceptors (Lipinski definition) is 3. The highest BCUT2D eigenvalue weighted by molar-refractivity contribution is 9.10. The summed E-state index contributed by atoms with van der Waals surface area (Å²) in [7, 11) is 0. The standard InChI is InChI=1S/C16H24BrN3O.2ClH/c17-14-5-3-13(4-6-14)12-20-10-7-15(8-11-20)19-16(21)2-1-9-18;;/h3-6,15H,1-2,7-12,18H2,(H,19,21);2*1H. The minimum Gasteiger partial charge on any atom is -0.353 e. The van der Waals surface area contributed by atoms with Crippen LogP contribution in [0.1, 0.15) is 31.2 Å². The molecule has 0 atom stereocenters. The van der Waals surface area contributed by atoms with E-state index in [1.54, 1.807) is 0 Å². The van der Waals surface area contributed by atoms with Crippen molar-refractivity contribution in [1.29, 1.82) is 0 Å². The van der Waals surface area contributed by atoms with Gasteiger partial charge in [0.25, 0.3) is 0 Å². The Labute approximate surface area is 159 Å². The molecule has 7 heteroatoms. The van der Waals surface area contributed by atoms with Gasteiger partial charge in [0.2, 0.25) is 5.91 Å². The monoisotopic (exact) mass is 425 g/mol. The molecule has 1 aromatic carbocycles. The van der Waals surface area contributed by atoms with Crippen LogP contribution < -0.4 is 11.1 Å². The van der Waals surface area contributed by atoms with Gasteiger partial charge >= 0.3 is 0 Å². The summed E-state index contributed by atoms with van der Waals surface area (Å²) in [6.45, 7) is 3.65. The van der Waals surface area contributed by atoms with Gasteiger partial charge in [-0.05, 0) is 43.5 Å². The number of nitrogens with two attached hydrogens (primary N) is 1. The molecule has 1 fully saturated rings. The Bertz CT molecular complexity index is 451. The summed E-state index contributed by atoms with van der Waals surface area (Å²) in [5.41, 5.74) is 6.76. The van der Waals surface area contributed by atoms with Gasteiger partial charge in [0, 0.05) is 36.6 Å². The van der Waals surface area contributed by atoms with Crippen molar-refractivity contribution in [3.05, 3.63) is 34.3 Å². The van der Waals surface area contributed by atoms with Gasteiger partial charge in [-0.3, -0.25) is 9.69 Å². The van der Waals surface area contributed by atoms with Crippen LogP contribution in [0.4, 0.5) is 0 Å². The molecule has 3 N–H and O–H groups in total. The molecule has 0 radical (unpaired) electrons. The Morgan fingerprint density at radius 2 is 1.83 bits per heavy atom. The molecule has 0 aliphatic carbocycles. The molecular weight excluding hydrogens is 401 g/mol. The summed E-state index contributed by atoms with van der Waals surface area (Å²) in [4.78, 5) is 14.1. The number of benzene rings is 1. The molecule has 0 spiro atoms. The van der Waals surface area contributed by atoms with Gasteiger partial charge in [-0.1, -0.05) is 28.1 Å². The maximum absolute atomic E-state index is 11.7. The smallest absolute Gasteiger partial charge is 0.220 e. The zero-order valence-electron chi connectivity index (χ0n) is 13.2. The predicted molar refractivity (Wildman–Crippen MR) is 103 cm³/mol. The number of nitrogens with one attached hydrogen (secondary N) is 1. The Hall–Kier alpha value is -0.330. The first-order valence-electron chi connectivity index (χ1n) is 7.63. The minimum absolute atomic E-state index is 0. The molecule has 1 amide bonds. The van der Waals surface area contributed by atoms with E-state index in [1.165, 1.54) is 5.56 Å². The molecule has 2 rings (SSSR count). The van der Waals surface area contributed by atoms with Crippen molar-refractivity contribution >= 4 is 46.7 Å². The molecule has 1 aromatic rings. The summed E-state index contributed by atoms with van der Waals surface area (Å²) >= 11 is 3.46. The highest BCUT2D eigenvalue weighted by atomic mass is 79.9. The van der Waals surface area contributed by atoms with Crippen LogP contribution in [0, 0.1) is 0 Å². The van der Waals surface area contributed by atoms with Gasteiger partial charge in [0.1, 0.15) is 0 Å². The third-order valence-electron chi connectivity index (χ3n) is 3.88. The molecule has 4 nitrogen and oxygen atoms in total. The molecule has 1 aliphatic rings. The van der Waals surface area contributed by atoms with E-state index < -0.39 is 0 Å². The van der Waals surface area contributed by atoms with Crippen molar-refractivity contribution in [3.63, 3.8) is 0 Å². The number of carbonyl (C=O) groups is 1. The third-order valence-corrected chi connectivity index (χ3v) is 4.41. The van der Waals surface area contributed by atoms with Crippen LogP contribution in [-0.4, -0.2) is 36.5 Å². The van der Waals surface area contributed by atoms with Gasteiger partial charge in [-0.2, -0.15) is 0 Å². The van der Waals surface area contributed by atoms with Crippen LogP contribution in [0.5, 0.6) is 0 Å². The SMILES string of the molecule is Cl.Cl.NCCCC(=O)NC1CCN(Cc2ccc(Br)cc2)CC1. The fraction of sp³-hybridized carbons (Fsp3) is 0.562. The first-order chi connectivity index (χ1) is 10.2. The average Bonchev–Trinajstić information content (AvgIpc) is 2.49. The van der Waals surface area contributed by atoms with Crippen molar-refractivity contribution in [1.82, 2.24) is 10.2 Å². The largest absolute Gasteiger partial charge is 0.353 e. The van der Waals surface area contributed by atoms with Gasteiger partial charge in [-0.25, -0.2) is 0 Å². The van der Waals surface area contributed by atoms with E-state index >= 15 is 0 Å². The third kappa shape index (κ3) is 8.36. The summed E-state index contributed by atoms with van der Waals surface area (Å²) in [6.07, 6.45) is 3.39. The molecule has 0 bridgehead atoms. The lowest BCUT2D eigenvalue weighted by Gasteiger charge is -2.32. The van der Waals surface area contributed by atoms with Crippen molar-refractivity contribution < 1.29 is 4.79 Å². The van der Waals surface area contributed by atoms with Gasteiger partial charge in [0.05, 0.1) is 0 Å². The highest BCUT2D eigenvalue weighted by Gasteiger charge is 2.20. The van der Waals surface area contributed by atoms with E-state index in [-0.39, 0.29) is 30.7 Å². The predicted octanol–water partition coefficient (Wildman–Crippen LogP) is 3.11. The number of piperidine rings is 1. The maximum Gasteiger partial charge on any atom is 0.220 e. The second-order valence-electron chi connectivity index (χ2n) is 5.64. The van der Waals surface area contributed by atoms with Crippen LogP contribution in [-0.2, 0) is 11.3 Å². The normalized spacial score (nSPS) is 15.4. The molecule has 0 aromatic heterocycles. The van der Waals surface area contributed by atoms with Gasteiger partial charge < -0.3 is 11.1 Å². The maximum atomic E-state index is 11.7. The van der Waals surface area contributed by atoms with E-state index in [0.717, 1.165) is 43.4 Å². The first-order valence-corrected chi connectivity index (χ1v) is 8.43. The minimum atomic E-state index is 0. The fourth-order valence-electron chi connectivity index (χ4n) is 2.65. The molecule has 132 valence electrons. The van der Waals surface area contributed by atoms with E-state index in [1.807, 2.05) is 0 Å². The summed E-state index contributed by atoms with van der Waals surface area (Å²) < 4.78 is 1.12. The van der Waals surface area contributed by atoms with Crippen molar-refractivity contribution in [2.75, 3.05) is 19.6 Å². The fourth-order valence-corrected chi connectivity index (χ4v) is 2.91. The van der Waals surface area contributed by atoms with Crippen LogP contribution in [0.2, 0.25) is 0 Å². The van der Waals surface area contributed by atoms with E-state index in [2.05, 4.69) is 50.4 Å². The Morgan fingerprint density at radius 1 is 1.22 bits per heavy atom. The number of nitrogens with zero attached hydrogens (tertiary/aromatic N) is 1. The lowest BCUT2D eigenvalue weighted by atomic mass is 10.0. The van der Waals surface area contributed by atoms with Crippen LogP contribution in [0.15, 0.2) is 28.7 Å². The van der Waals surface area contributed by atoms with Gasteiger partial charge in [0.15, 0.2) is 0 Å². The number of hydrogen-bond donors (Lipinski definition) is 2. The first kappa shape index (κ1) is 22.7. The van der Waals surface area contributed by atoms with Crippen LogP contribution >= 0.6 is 40.7 Å². The molecule has 1 saturated heterocycles. The molecule has 0 unspecified atom stereocenters. The van der Waals surface area contributed by atoms with E-state index in [0.29, 0.717) is 19.0 Å². The van der Waals surface area contributed by atoms with Crippen molar-refractivity contribution in [2.45, 2.75) is 38.3 Å². The van der Waals surface area contributed by atoms with E-state index in [9.17, 15) is 4.79 Å². The second kappa shape index (κ2) is 12.1. The zero-order valence-corrected chi connectivity index (χ0v) is 16.4. The number of carbonyl (C=O) groups excluding carboxylic acids is 1. The van der Waals surface area contributed by atoms with Crippen molar-refractivity contribution in [2.24, 2.45) is 5.73 Å².